The van der Waals surface area contributed by atoms with Crippen molar-refractivity contribution in [3.05, 3.63) is 62.4 Å². The molecule has 2 aromatic carbocycles. The van der Waals surface area contributed by atoms with Gasteiger partial charge in [0.2, 0.25) is 0 Å². The Hall–Kier alpha value is -2.61. The molecule has 0 spiro atoms. The molecule has 9 heteroatoms. The number of aromatic nitrogens is 2. The molecule has 0 radical (unpaired) electrons. The van der Waals surface area contributed by atoms with E-state index in [2.05, 4.69) is 17.2 Å². The van der Waals surface area contributed by atoms with Crippen LogP contribution >= 0.6 is 34.5 Å². The van der Waals surface area contributed by atoms with Crippen LogP contribution in [0.15, 0.2) is 41.2 Å². The molecule has 34 heavy (non-hydrogen) atoms. The third kappa shape index (κ3) is 5.06. The highest BCUT2D eigenvalue weighted by molar-refractivity contribution is 7.22. The van der Waals surface area contributed by atoms with Gasteiger partial charge in [-0.1, -0.05) is 85.7 Å². The maximum absolute atomic E-state index is 13.4. The van der Waals surface area contributed by atoms with Crippen LogP contribution in [-0.4, -0.2) is 20.6 Å². The highest BCUT2D eigenvalue weighted by atomic mass is 35.5. The van der Waals surface area contributed by atoms with E-state index in [1.165, 1.54) is 30.6 Å². The van der Waals surface area contributed by atoms with Gasteiger partial charge in [-0.15, -0.1) is 0 Å². The number of rotatable bonds is 9. The Kier molecular flexibility index (Phi) is 7.76. The maximum atomic E-state index is 13.4. The lowest BCUT2D eigenvalue weighted by atomic mass is 10.1. The molecule has 6 nitrogen and oxygen atoms in total. The molecule has 4 aromatic rings. The molecule has 0 bridgehead atoms. The van der Waals surface area contributed by atoms with Gasteiger partial charge in [-0.25, -0.2) is 4.98 Å². The van der Waals surface area contributed by atoms with Gasteiger partial charge in [0.1, 0.15) is 16.8 Å². The van der Waals surface area contributed by atoms with Gasteiger partial charge < -0.3 is 9.67 Å². The predicted molar refractivity (Wildman–Crippen MR) is 141 cm³/mol. The number of aryl methyl sites for hydroxylation is 1. The monoisotopic (exact) mass is 517 g/mol. The molecule has 0 unspecified atom stereocenters. The fourth-order valence-electron chi connectivity index (χ4n) is 4.04. The zero-order valence-electron chi connectivity index (χ0n) is 18.7. The minimum atomic E-state index is -0.716. The molecule has 0 saturated heterocycles. The molecule has 0 aliphatic carbocycles. The van der Waals surface area contributed by atoms with Crippen molar-refractivity contribution in [2.24, 2.45) is 0 Å². The van der Waals surface area contributed by atoms with Crippen molar-refractivity contribution >= 4 is 66.7 Å². The average molecular weight is 518 g/mol. The van der Waals surface area contributed by atoms with Crippen LogP contribution in [-0.2, 0) is 6.54 Å². The summed E-state index contributed by atoms with van der Waals surface area (Å²) in [4.78, 5) is 30.9. The molecule has 178 valence electrons. The van der Waals surface area contributed by atoms with Crippen molar-refractivity contribution < 1.29 is 9.90 Å². The number of carbonyl (C=O) groups excluding carboxylic acids is 1. The number of amides is 1. The second-order valence-corrected chi connectivity index (χ2v) is 10.0. The van der Waals surface area contributed by atoms with Gasteiger partial charge in [0, 0.05) is 17.0 Å². The quantitative estimate of drug-likeness (QED) is 0.229. The normalized spacial score (nSPS) is 11.4. The number of thiazole rings is 1. The first kappa shape index (κ1) is 24.5. The number of hydrogen-bond donors (Lipinski definition) is 2. The third-order valence-corrected chi connectivity index (χ3v) is 7.17. The number of aromatic hydroxyl groups is 1. The van der Waals surface area contributed by atoms with Crippen molar-refractivity contribution in [3.8, 4) is 5.75 Å². The van der Waals surface area contributed by atoms with E-state index in [9.17, 15) is 14.7 Å². The average Bonchev–Trinajstić information content (AvgIpc) is 3.20. The van der Waals surface area contributed by atoms with Crippen molar-refractivity contribution in [2.45, 2.75) is 52.0 Å². The number of benzene rings is 2. The predicted octanol–water partition coefficient (Wildman–Crippen LogP) is 7.24. The molecule has 0 aliphatic rings. The lowest BCUT2D eigenvalue weighted by Crippen LogP contribution is -2.30. The molecule has 0 aliphatic heterocycles. The summed E-state index contributed by atoms with van der Waals surface area (Å²) in [6, 6.07) is 10.4. The lowest BCUT2D eigenvalue weighted by Gasteiger charge is -2.14. The highest BCUT2D eigenvalue weighted by Crippen LogP contribution is 2.34. The number of nitrogens with one attached hydrogen (secondary N) is 1. The SMILES string of the molecule is CCCCCCCCn1c(=O)c(C(=O)Nc2nc3c(Cl)cc(Cl)cc3s2)c(O)c2ccccc21. The van der Waals surface area contributed by atoms with Crippen LogP contribution in [0.5, 0.6) is 5.75 Å². The second-order valence-electron chi connectivity index (χ2n) is 8.17. The first-order chi connectivity index (χ1) is 16.4. The summed E-state index contributed by atoms with van der Waals surface area (Å²) in [5.41, 5.74) is 0.295. The minimum Gasteiger partial charge on any atom is -0.506 e. The molecule has 4 rings (SSSR count). The zero-order chi connectivity index (χ0) is 24.2. The number of fused-ring (bicyclic) bond motifs is 2. The Bertz CT molecular complexity index is 1410. The Balaban J connectivity index is 1.65. The summed E-state index contributed by atoms with van der Waals surface area (Å²) in [5, 5.41) is 15.1. The second kappa shape index (κ2) is 10.8. The van der Waals surface area contributed by atoms with Crippen LogP contribution < -0.4 is 10.9 Å². The topological polar surface area (TPSA) is 84.2 Å². The first-order valence-electron chi connectivity index (χ1n) is 11.3. The third-order valence-electron chi connectivity index (χ3n) is 5.74. The van der Waals surface area contributed by atoms with Crippen LogP contribution in [0.25, 0.3) is 21.1 Å². The number of unbranched alkanes of at least 4 members (excludes halogenated alkanes) is 5. The van der Waals surface area contributed by atoms with Crippen LogP contribution in [0.3, 0.4) is 0 Å². The number of nitrogens with zero attached hydrogens (tertiary/aromatic N) is 2. The van der Waals surface area contributed by atoms with Gasteiger partial charge in [0.05, 0.1) is 15.2 Å². The fraction of sp³-hybridized carbons (Fsp3) is 0.320. The summed E-state index contributed by atoms with van der Waals surface area (Å²) in [7, 11) is 0. The Morgan fingerprint density at radius 1 is 1.12 bits per heavy atom. The van der Waals surface area contributed by atoms with E-state index in [4.69, 9.17) is 23.2 Å². The maximum Gasteiger partial charge on any atom is 0.267 e. The van der Waals surface area contributed by atoms with Crippen LogP contribution in [0.2, 0.25) is 10.0 Å². The summed E-state index contributed by atoms with van der Waals surface area (Å²) < 4.78 is 2.29. The largest absolute Gasteiger partial charge is 0.506 e. The molecule has 2 aromatic heterocycles. The number of pyridine rings is 1. The Morgan fingerprint density at radius 2 is 1.85 bits per heavy atom. The molecule has 0 saturated carbocycles. The standard InChI is InChI=1S/C25H25Cl2N3O3S/c1-2-3-4-5-6-9-12-30-18-11-8-7-10-16(18)22(31)20(24(30)33)23(32)29-25-28-21-17(27)13-15(26)14-19(21)34-25/h7-8,10-11,13-14,31H,2-6,9,12H2,1H3,(H,28,29,32). The summed E-state index contributed by atoms with van der Waals surface area (Å²) in [6.45, 7) is 2.65. The molecular formula is C25H25Cl2N3O3S. The number of para-hydroxylation sites is 1. The van der Waals surface area contributed by atoms with Gasteiger partial charge >= 0.3 is 0 Å². The van der Waals surface area contributed by atoms with E-state index in [1.807, 2.05) is 6.07 Å². The summed E-state index contributed by atoms with van der Waals surface area (Å²) in [5.74, 6) is -1.05. The highest BCUT2D eigenvalue weighted by Gasteiger charge is 2.23. The van der Waals surface area contributed by atoms with E-state index in [1.54, 1.807) is 34.9 Å². The molecule has 2 N–H and O–H groups in total. The Morgan fingerprint density at radius 3 is 2.65 bits per heavy atom. The van der Waals surface area contributed by atoms with Gasteiger partial charge in [0.15, 0.2) is 5.13 Å². The van der Waals surface area contributed by atoms with Crippen LogP contribution in [0, 0.1) is 0 Å². The van der Waals surface area contributed by atoms with Crippen molar-refractivity contribution in [2.75, 3.05) is 5.32 Å². The van der Waals surface area contributed by atoms with Crippen molar-refractivity contribution in [1.82, 2.24) is 9.55 Å². The number of hydrogen-bond acceptors (Lipinski definition) is 5. The van der Waals surface area contributed by atoms with Crippen LogP contribution in [0.4, 0.5) is 5.13 Å². The van der Waals surface area contributed by atoms with E-state index >= 15 is 0 Å². The summed E-state index contributed by atoms with van der Waals surface area (Å²) >= 11 is 13.5. The van der Waals surface area contributed by atoms with E-state index in [0.29, 0.717) is 37.7 Å². The van der Waals surface area contributed by atoms with E-state index in [-0.39, 0.29) is 16.4 Å². The molecule has 0 atom stereocenters. The summed E-state index contributed by atoms with van der Waals surface area (Å²) in [6.07, 6.45) is 6.47. The smallest absolute Gasteiger partial charge is 0.267 e. The van der Waals surface area contributed by atoms with Gasteiger partial charge in [0.25, 0.3) is 11.5 Å². The molecule has 2 heterocycles. The van der Waals surface area contributed by atoms with Crippen molar-refractivity contribution in [3.63, 3.8) is 0 Å². The fourth-order valence-corrected chi connectivity index (χ4v) is 5.62. The Labute approximate surface area is 211 Å². The van der Waals surface area contributed by atoms with Crippen LogP contribution in [0.1, 0.15) is 55.8 Å². The van der Waals surface area contributed by atoms with Gasteiger partial charge in [-0.05, 0) is 30.7 Å². The molecule has 0 fully saturated rings. The molecular weight excluding hydrogens is 493 g/mol. The first-order valence-corrected chi connectivity index (χ1v) is 12.9. The van der Waals surface area contributed by atoms with Crippen molar-refractivity contribution in [1.29, 1.82) is 0 Å². The minimum absolute atomic E-state index is 0.263. The molecule has 1 amide bonds. The number of halogens is 2. The van der Waals surface area contributed by atoms with Gasteiger partial charge in [-0.2, -0.15) is 0 Å². The van der Waals surface area contributed by atoms with E-state index in [0.717, 1.165) is 19.3 Å². The van der Waals surface area contributed by atoms with E-state index < -0.39 is 11.5 Å². The number of carbonyl (C=O) groups is 1. The zero-order valence-corrected chi connectivity index (χ0v) is 21.1. The van der Waals surface area contributed by atoms with Gasteiger partial charge in [-0.3, -0.25) is 14.9 Å². The lowest BCUT2D eigenvalue weighted by molar-refractivity contribution is 0.102. The number of anilines is 1.